The minimum Gasteiger partial charge on any atom is -0.497 e. The summed E-state index contributed by atoms with van der Waals surface area (Å²) in [6.07, 6.45) is 3.51. The Morgan fingerprint density at radius 3 is 2.65 bits per heavy atom. The van der Waals surface area contributed by atoms with Crippen molar-refractivity contribution in [1.29, 1.82) is 0 Å². The lowest BCUT2D eigenvalue weighted by molar-refractivity contribution is 0.415. The van der Waals surface area contributed by atoms with Crippen molar-refractivity contribution in [2.75, 3.05) is 7.11 Å². The van der Waals surface area contributed by atoms with Gasteiger partial charge in [-0.05, 0) is 72.9 Å². The van der Waals surface area contributed by atoms with Crippen molar-refractivity contribution in [3.63, 3.8) is 0 Å². The van der Waals surface area contributed by atoms with Gasteiger partial charge in [0.05, 0.1) is 12.8 Å². The number of ether oxygens (including phenoxy) is 1. The molecule has 2 N–H and O–H groups in total. The fourth-order valence-corrected chi connectivity index (χ4v) is 4.94. The summed E-state index contributed by atoms with van der Waals surface area (Å²) < 4.78 is 5.26. The highest BCUT2D eigenvalue weighted by molar-refractivity contribution is 5.86. The molecular formula is C27H29N3O. The second-order valence-electron chi connectivity index (χ2n) is 8.60. The third-order valence-electron chi connectivity index (χ3n) is 6.63. The predicted molar refractivity (Wildman–Crippen MR) is 126 cm³/mol. The van der Waals surface area contributed by atoms with Gasteiger partial charge in [0, 0.05) is 29.3 Å². The Morgan fingerprint density at radius 1 is 1.00 bits per heavy atom. The third kappa shape index (κ3) is 4.08. The van der Waals surface area contributed by atoms with Crippen molar-refractivity contribution in [1.82, 2.24) is 15.5 Å². The van der Waals surface area contributed by atoms with Crippen LogP contribution in [-0.4, -0.2) is 23.3 Å². The van der Waals surface area contributed by atoms with E-state index >= 15 is 0 Å². The highest BCUT2D eigenvalue weighted by atomic mass is 16.5. The van der Waals surface area contributed by atoms with Crippen molar-refractivity contribution in [2.45, 2.75) is 44.2 Å². The van der Waals surface area contributed by atoms with Crippen LogP contribution in [0.25, 0.3) is 22.0 Å². The summed E-state index contributed by atoms with van der Waals surface area (Å²) in [6.45, 7) is 2.28. The summed E-state index contributed by atoms with van der Waals surface area (Å²) in [7, 11) is 1.69. The molecule has 4 aromatic rings. The van der Waals surface area contributed by atoms with E-state index in [4.69, 9.17) is 4.74 Å². The first-order valence-electron chi connectivity index (χ1n) is 11.1. The zero-order chi connectivity index (χ0) is 21.2. The molecule has 1 saturated carbocycles. The normalized spacial score (nSPS) is 19.5. The van der Waals surface area contributed by atoms with Crippen LogP contribution in [0, 0.1) is 0 Å². The minimum absolute atomic E-state index is 0.325. The maximum atomic E-state index is 5.26. The average molecular weight is 412 g/mol. The van der Waals surface area contributed by atoms with Gasteiger partial charge in [-0.3, -0.25) is 5.10 Å². The molecule has 0 amide bonds. The van der Waals surface area contributed by atoms with Crippen LogP contribution in [0.5, 0.6) is 5.75 Å². The summed E-state index contributed by atoms with van der Waals surface area (Å²) in [5.41, 5.74) is 4.73. The van der Waals surface area contributed by atoms with Crippen molar-refractivity contribution < 1.29 is 4.74 Å². The number of aromatic amines is 1. The standard InChI is InChI=1S/C27H29N3O/c1-18(24-9-5-7-19-6-3-4-8-25(19)24)28-22-13-10-21(16-22)27-17-26(29-30-27)20-11-14-23(31-2)15-12-20/h3-9,11-12,14-15,17-18,21-22,28H,10,13,16H2,1-2H3,(H,29,30)/t18-,21?,22?/m1/s1. The topological polar surface area (TPSA) is 49.9 Å². The number of nitrogens with zero attached hydrogens (tertiary/aromatic N) is 1. The zero-order valence-electron chi connectivity index (χ0n) is 18.1. The Bertz CT molecular complexity index is 1160. The smallest absolute Gasteiger partial charge is 0.118 e. The van der Waals surface area contributed by atoms with Gasteiger partial charge in [-0.25, -0.2) is 0 Å². The van der Waals surface area contributed by atoms with E-state index in [1.165, 1.54) is 34.9 Å². The van der Waals surface area contributed by atoms with E-state index in [1.807, 2.05) is 12.1 Å². The van der Waals surface area contributed by atoms with Crippen molar-refractivity contribution in [3.8, 4) is 17.0 Å². The number of methoxy groups -OCH3 is 1. The first-order chi connectivity index (χ1) is 15.2. The van der Waals surface area contributed by atoms with Crippen molar-refractivity contribution >= 4 is 10.8 Å². The minimum atomic E-state index is 0.325. The molecule has 3 atom stereocenters. The highest BCUT2D eigenvalue weighted by Crippen LogP contribution is 2.36. The van der Waals surface area contributed by atoms with Crippen LogP contribution in [0.4, 0.5) is 0 Å². The lowest BCUT2D eigenvalue weighted by Gasteiger charge is -2.21. The lowest BCUT2D eigenvalue weighted by atomic mass is 9.98. The van der Waals surface area contributed by atoms with E-state index in [0.29, 0.717) is 18.0 Å². The second kappa shape index (κ2) is 8.56. The van der Waals surface area contributed by atoms with Crippen LogP contribution < -0.4 is 10.1 Å². The lowest BCUT2D eigenvalue weighted by Crippen LogP contribution is -2.29. The third-order valence-corrected chi connectivity index (χ3v) is 6.63. The number of nitrogens with one attached hydrogen (secondary N) is 2. The molecule has 5 rings (SSSR count). The molecule has 4 nitrogen and oxygen atoms in total. The Kier molecular flexibility index (Phi) is 5.47. The van der Waals surface area contributed by atoms with Gasteiger partial charge in [-0.1, -0.05) is 42.5 Å². The van der Waals surface area contributed by atoms with Crippen LogP contribution in [0.1, 0.15) is 49.4 Å². The summed E-state index contributed by atoms with van der Waals surface area (Å²) in [5.74, 6) is 1.39. The molecule has 0 saturated heterocycles. The number of hydrogen-bond acceptors (Lipinski definition) is 3. The summed E-state index contributed by atoms with van der Waals surface area (Å²) in [6, 6.07) is 26.4. The zero-order valence-corrected chi connectivity index (χ0v) is 18.1. The molecule has 2 unspecified atom stereocenters. The molecule has 1 aromatic heterocycles. The van der Waals surface area contributed by atoms with Gasteiger partial charge >= 0.3 is 0 Å². The molecule has 0 bridgehead atoms. The monoisotopic (exact) mass is 411 g/mol. The Labute approximate surface area is 183 Å². The molecule has 1 aliphatic carbocycles. The maximum absolute atomic E-state index is 5.26. The van der Waals surface area contributed by atoms with E-state index in [9.17, 15) is 0 Å². The summed E-state index contributed by atoms with van der Waals surface area (Å²) >= 11 is 0. The number of H-pyrrole nitrogens is 1. The van der Waals surface area contributed by atoms with Crippen LogP contribution in [0.2, 0.25) is 0 Å². The van der Waals surface area contributed by atoms with Crippen molar-refractivity contribution in [3.05, 3.63) is 84.1 Å². The van der Waals surface area contributed by atoms with E-state index in [0.717, 1.165) is 23.4 Å². The summed E-state index contributed by atoms with van der Waals surface area (Å²) in [5, 5.41) is 14.4. The van der Waals surface area contributed by atoms with Crippen LogP contribution in [0.15, 0.2) is 72.8 Å². The number of hydrogen-bond donors (Lipinski definition) is 2. The van der Waals surface area contributed by atoms with Crippen LogP contribution >= 0.6 is 0 Å². The van der Waals surface area contributed by atoms with E-state index < -0.39 is 0 Å². The summed E-state index contributed by atoms with van der Waals surface area (Å²) in [4.78, 5) is 0. The maximum Gasteiger partial charge on any atom is 0.118 e. The first kappa shape index (κ1) is 19.8. The van der Waals surface area contributed by atoms with Gasteiger partial charge in [-0.15, -0.1) is 0 Å². The first-order valence-corrected chi connectivity index (χ1v) is 11.1. The molecule has 1 heterocycles. The molecule has 31 heavy (non-hydrogen) atoms. The van der Waals surface area contributed by atoms with E-state index in [-0.39, 0.29) is 0 Å². The average Bonchev–Trinajstić information content (AvgIpc) is 3.48. The van der Waals surface area contributed by atoms with E-state index in [1.54, 1.807) is 7.11 Å². The van der Waals surface area contributed by atoms with Gasteiger partial charge < -0.3 is 10.1 Å². The van der Waals surface area contributed by atoms with Crippen LogP contribution in [0.3, 0.4) is 0 Å². The van der Waals surface area contributed by atoms with Gasteiger partial charge in [-0.2, -0.15) is 5.10 Å². The molecule has 1 aliphatic rings. The van der Waals surface area contributed by atoms with E-state index in [2.05, 4.69) is 83.1 Å². The Hall–Kier alpha value is -3.11. The molecule has 0 spiro atoms. The quantitative estimate of drug-likeness (QED) is 0.396. The van der Waals surface area contributed by atoms with Gasteiger partial charge in [0.1, 0.15) is 5.75 Å². The van der Waals surface area contributed by atoms with Crippen LogP contribution in [-0.2, 0) is 0 Å². The number of fused-ring (bicyclic) bond motifs is 1. The number of aromatic nitrogens is 2. The number of benzene rings is 3. The number of rotatable bonds is 6. The Balaban J connectivity index is 1.25. The molecule has 4 heteroatoms. The fourth-order valence-electron chi connectivity index (χ4n) is 4.94. The predicted octanol–water partition coefficient (Wildman–Crippen LogP) is 6.23. The van der Waals surface area contributed by atoms with Gasteiger partial charge in [0.25, 0.3) is 0 Å². The molecule has 0 aliphatic heterocycles. The Morgan fingerprint density at radius 2 is 1.81 bits per heavy atom. The molecule has 0 radical (unpaired) electrons. The fraction of sp³-hybridized carbons (Fsp3) is 0.296. The largest absolute Gasteiger partial charge is 0.497 e. The molecule has 1 fully saturated rings. The van der Waals surface area contributed by atoms with Gasteiger partial charge in [0.2, 0.25) is 0 Å². The SMILES string of the molecule is COc1ccc(-c2cc(C3CCC(N[C@H](C)c4cccc5ccccc45)C3)[nH]n2)cc1. The second-order valence-corrected chi connectivity index (χ2v) is 8.60. The molecule has 158 valence electrons. The highest BCUT2D eigenvalue weighted by Gasteiger charge is 2.28. The molecule has 3 aromatic carbocycles. The molecular weight excluding hydrogens is 382 g/mol. The van der Waals surface area contributed by atoms with Gasteiger partial charge in [0.15, 0.2) is 0 Å². The van der Waals surface area contributed by atoms with Crippen molar-refractivity contribution in [2.24, 2.45) is 0 Å².